The van der Waals surface area contributed by atoms with Crippen LogP contribution in [0.5, 0.6) is 5.75 Å². The van der Waals surface area contributed by atoms with Gasteiger partial charge in [0.25, 0.3) is 5.91 Å². The standard InChI is InChI=1S/C20H17IN2O2/c1-25-19-12-7-14(13-18(19)21)20(24)23-17-10-8-16(9-11-17)22-15-5-3-2-4-6-15/h2-13,22H,1H3,(H,23,24). The molecule has 2 N–H and O–H groups in total. The second-order valence-electron chi connectivity index (χ2n) is 5.37. The van der Waals surface area contributed by atoms with E-state index in [2.05, 4.69) is 33.2 Å². The molecular formula is C20H17IN2O2. The number of benzene rings is 3. The zero-order chi connectivity index (χ0) is 17.6. The third-order valence-corrected chi connectivity index (χ3v) is 4.46. The first kappa shape index (κ1) is 17.3. The maximum Gasteiger partial charge on any atom is 0.255 e. The fourth-order valence-corrected chi connectivity index (χ4v) is 3.07. The number of amides is 1. The van der Waals surface area contributed by atoms with Crippen LogP contribution in [0, 0.1) is 3.57 Å². The number of rotatable bonds is 5. The van der Waals surface area contributed by atoms with Crippen LogP contribution in [0.25, 0.3) is 0 Å². The fourth-order valence-electron chi connectivity index (χ4n) is 2.34. The molecule has 5 heteroatoms. The van der Waals surface area contributed by atoms with E-state index in [-0.39, 0.29) is 5.91 Å². The summed E-state index contributed by atoms with van der Waals surface area (Å²) < 4.78 is 6.11. The fraction of sp³-hybridized carbons (Fsp3) is 0.0500. The lowest BCUT2D eigenvalue weighted by Gasteiger charge is -2.10. The van der Waals surface area contributed by atoms with Crippen molar-refractivity contribution >= 4 is 45.6 Å². The molecule has 0 spiro atoms. The van der Waals surface area contributed by atoms with Crippen LogP contribution in [0.2, 0.25) is 0 Å². The summed E-state index contributed by atoms with van der Waals surface area (Å²) in [5, 5.41) is 6.21. The number of halogens is 1. The van der Waals surface area contributed by atoms with Crippen molar-refractivity contribution in [2.75, 3.05) is 17.7 Å². The summed E-state index contributed by atoms with van der Waals surface area (Å²) in [6, 6.07) is 22.9. The maximum absolute atomic E-state index is 12.4. The van der Waals surface area contributed by atoms with Gasteiger partial charge in [0.2, 0.25) is 0 Å². The van der Waals surface area contributed by atoms with E-state index in [1.165, 1.54) is 0 Å². The molecule has 126 valence electrons. The number of hydrogen-bond acceptors (Lipinski definition) is 3. The monoisotopic (exact) mass is 444 g/mol. The van der Waals surface area contributed by atoms with Gasteiger partial charge in [0.1, 0.15) is 5.75 Å². The average Bonchev–Trinajstić information content (AvgIpc) is 2.64. The minimum Gasteiger partial charge on any atom is -0.496 e. The van der Waals surface area contributed by atoms with Crippen molar-refractivity contribution in [3.8, 4) is 5.75 Å². The molecule has 0 atom stereocenters. The molecule has 0 bridgehead atoms. The molecule has 0 aromatic heterocycles. The molecule has 0 aliphatic carbocycles. The number of ether oxygens (including phenoxy) is 1. The lowest BCUT2D eigenvalue weighted by Crippen LogP contribution is -2.12. The summed E-state index contributed by atoms with van der Waals surface area (Å²) in [6.07, 6.45) is 0. The van der Waals surface area contributed by atoms with Crippen molar-refractivity contribution < 1.29 is 9.53 Å². The van der Waals surface area contributed by atoms with Crippen LogP contribution in [0.3, 0.4) is 0 Å². The van der Waals surface area contributed by atoms with Gasteiger partial charge < -0.3 is 15.4 Å². The van der Waals surface area contributed by atoms with Crippen molar-refractivity contribution in [3.05, 3.63) is 81.9 Å². The summed E-state index contributed by atoms with van der Waals surface area (Å²) in [7, 11) is 1.61. The van der Waals surface area contributed by atoms with Gasteiger partial charge in [0.05, 0.1) is 10.7 Å². The molecule has 3 aromatic carbocycles. The highest BCUT2D eigenvalue weighted by molar-refractivity contribution is 14.1. The van der Waals surface area contributed by atoms with Crippen molar-refractivity contribution in [1.29, 1.82) is 0 Å². The van der Waals surface area contributed by atoms with Crippen LogP contribution in [0.4, 0.5) is 17.1 Å². The van der Waals surface area contributed by atoms with Gasteiger partial charge in [-0.15, -0.1) is 0 Å². The first-order chi connectivity index (χ1) is 12.2. The van der Waals surface area contributed by atoms with E-state index in [1.54, 1.807) is 25.3 Å². The highest BCUT2D eigenvalue weighted by atomic mass is 127. The third kappa shape index (κ3) is 4.51. The van der Waals surface area contributed by atoms with E-state index in [0.717, 1.165) is 26.4 Å². The van der Waals surface area contributed by atoms with E-state index in [1.807, 2.05) is 54.6 Å². The number of anilines is 3. The number of methoxy groups -OCH3 is 1. The van der Waals surface area contributed by atoms with Crippen LogP contribution in [-0.2, 0) is 0 Å². The van der Waals surface area contributed by atoms with Crippen LogP contribution in [0.1, 0.15) is 10.4 Å². The molecule has 1 amide bonds. The molecule has 0 aliphatic heterocycles. The summed E-state index contributed by atoms with van der Waals surface area (Å²) in [5.74, 6) is 0.609. The molecule has 3 aromatic rings. The number of nitrogens with one attached hydrogen (secondary N) is 2. The van der Waals surface area contributed by atoms with Gasteiger partial charge in [-0.2, -0.15) is 0 Å². The quantitative estimate of drug-likeness (QED) is 0.526. The second-order valence-corrected chi connectivity index (χ2v) is 6.53. The van der Waals surface area contributed by atoms with Gasteiger partial charge in [-0.3, -0.25) is 4.79 Å². The van der Waals surface area contributed by atoms with Gasteiger partial charge >= 0.3 is 0 Å². The molecule has 0 radical (unpaired) electrons. The number of carbonyl (C=O) groups is 1. The molecule has 25 heavy (non-hydrogen) atoms. The predicted molar refractivity (Wildman–Crippen MR) is 110 cm³/mol. The first-order valence-electron chi connectivity index (χ1n) is 7.73. The molecule has 0 unspecified atom stereocenters. The van der Waals surface area contributed by atoms with Gasteiger partial charge in [-0.1, -0.05) is 18.2 Å². The molecule has 3 rings (SSSR count). The number of para-hydroxylation sites is 1. The summed E-state index contributed by atoms with van der Waals surface area (Å²) >= 11 is 2.15. The van der Waals surface area contributed by atoms with Gasteiger partial charge in [-0.05, 0) is 77.2 Å². The minimum absolute atomic E-state index is 0.149. The smallest absolute Gasteiger partial charge is 0.255 e. The Hall–Kier alpha value is -2.54. The average molecular weight is 444 g/mol. The van der Waals surface area contributed by atoms with E-state index < -0.39 is 0 Å². The molecule has 0 aliphatic rings. The van der Waals surface area contributed by atoms with Crippen LogP contribution in [-0.4, -0.2) is 13.0 Å². The van der Waals surface area contributed by atoms with Crippen molar-refractivity contribution in [2.45, 2.75) is 0 Å². The zero-order valence-electron chi connectivity index (χ0n) is 13.6. The Morgan fingerprint density at radius 3 is 2.16 bits per heavy atom. The first-order valence-corrected chi connectivity index (χ1v) is 8.80. The van der Waals surface area contributed by atoms with Gasteiger partial charge in [0, 0.05) is 22.6 Å². The summed E-state index contributed by atoms with van der Waals surface area (Å²) in [5.41, 5.74) is 3.32. The Balaban J connectivity index is 1.66. The number of carbonyl (C=O) groups excluding carboxylic acids is 1. The molecule has 4 nitrogen and oxygen atoms in total. The van der Waals surface area contributed by atoms with E-state index in [0.29, 0.717) is 5.56 Å². The molecule has 0 heterocycles. The molecule has 0 fully saturated rings. The maximum atomic E-state index is 12.4. The minimum atomic E-state index is -0.149. The van der Waals surface area contributed by atoms with Crippen LogP contribution in [0.15, 0.2) is 72.8 Å². The summed E-state index contributed by atoms with van der Waals surface area (Å²) in [6.45, 7) is 0. The summed E-state index contributed by atoms with van der Waals surface area (Å²) in [4.78, 5) is 12.4. The molecular weight excluding hydrogens is 427 g/mol. The topological polar surface area (TPSA) is 50.4 Å². The Morgan fingerprint density at radius 2 is 1.52 bits per heavy atom. The second kappa shape index (κ2) is 8.02. The van der Waals surface area contributed by atoms with E-state index >= 15 is 0 Å². The molecule has 0 saturated carbocycles. The lowest BCUT2D eigenvalue weighted by molar-refractivity contribution is 0.102. The van der Waals surface area contributed by atoms with Crippen molar-refractivity contribution in [2.24, 2.45) is 0 Å². The highest BCUT2D eigenvalue weighted by Crippen LogP contribution is 2.23. The Bertz CT molecular complexity index is 865. The van der Waals surface area contributed by atoms with Gasteiger partial charge in [0.15, 0.2) is 0 Å². The third-order valence-electron chi connectivity index (χ3n) is 3.62. The predicted octanol–water partition coefficient (Wildman–Crippen LogP) is 5.30. The van der Waals surface area contributed by atoms with Gasteiger partial charge in [-0.25, -0.2) is 0 Å². The largest absolute Gasteiger partial charge is 0.496 e. The lowest BCUT2D eigenvalue weighted by atomic mass is 10.2. The van der Waals surface area contributed by atoms with Crippen molar-refractivity contribution in [1.82, 2.24) is 0 Å². The van der Waals surface area contributed by atoms with E-state index in [4.69, 9.17) is 4.74 Å². The van der Waals surface area contributed by atoms with E-state index in [9.17, 15) is 4.79 Å². The molecule has 0 saturated heterocycles. The Morgan fingerprint density at radius 1 is 0.880 bits per heavy atom. The van der Waals surface area contributed by atoms with Crippen molar-refractivity contribution in [3.63, 3.8) is 0 Å². The van der Waals surface area contributed by atoms with Crippen LogP contribution < -0.4 is 15.4 Å². The number of hydrogen-bond donors (Lipinski definition) is 2. The highest BCUT2D eigenvalue weighted by Gasteiger charge is 2.09. The normalized spacial score (nSPS) is 10.2. The Labute approximate surface area is 160 Å². The Kier molecular flexibility index (Phi) is 5.55. The SMILES string of the molecule is COc1ccc(C(=O)Nc2ccc(Nc3ccccc3)cc2)cc1I. The van der Waals surface area contributed by atoms with Crippen LogP contribution >= 0.6 is 22.6 Å². The zero-order valence-corrected chi connectivity index (χ0v) is 15.8.